The number of carbonyl (C=O) groups is 1. The summed E-state index contributed by atoms with van der Waals surface area (Å²) in [5, 5.41) is 14.6. The molecule has 0 radical (unpaired) electrons. The van der Waals surface area contributed by atoms with Crippen molar-refractivity contribution < 1.29 is 9.53 Å². The zero-order chi connectivity index (χ0) is 17.1. The molecule has 0 unspecified atom stereocenters. The molecule has 0 fully saturated rings. The molecule has 7 nitrogen and oxygen atoms in total. The summed E-state index contributed by atoms with van der Waals surface area (Å²) in [7, 11) is 0. The molecular formula is C17H15N5O2S. The van der Waals surface area contributed by atoms with Gasteiger partial charge in [-0.3, -0.25) is 10.3 Å². The molecule has 1 atom stereocenters. The molecule has 3 aromatic rings. The van der Waals surface area contributed by atoms with E-state index in [1.165, 1.54) is 16.9 Å². The van der Waals surface area contributed by atoms with Crippen LogP contribution < -0.4 is 15.4 Å². The van der Waals surface area contributed by atoms with Crippen LogP contribution in [-0.2, 0) is 6.42 Å². The Kier molecular flexibility index (Phi) is 4.26. The number of urea groups is 1. The van der Waals surface area contributed by atoms with E-state index in [9.17, 15) is 4.79 Å². The van der Waals surface area contributed by atoms with E-state index in [1.807, 2.05) is 42.5 Å². The molecule has 0 saturated carbocycles. The number of hydrogen-bond acceptors (Lipinski definition) is 6. The summed E-state index contributed by atoms with van der Waals surface area (Å²) >= 11 is 1.27. The Bertz CT molecular complexity index is 859. The van der Waals surface area contributed by atoms with Gasteiger partial charge in [0.25, 0.3) is 0 Å². The first-order valence-electron chi connectivity index (χ1n) is 7.82. The van der Waals surface area contributed by atoms with Gasteiger partial charge in [0, 0.05) is 12.6 Å². The van der Waals surface area contributed by atoms with Gasteiger partial charge >= 0.3 is 6.03 Å². The topological polar surface area (TPSA) is 89.0 Å². The predicted molar refractivity (Wildman–Crippen MR) is 94.7 cm³/mol. The van der Waals surface area contributed by atoms with Crippen molar-refractivity contribution in [3.8, 4) is 16.5 Å². The molecule has 1 aliphatic rings. The van der Waals surface area contributed by atoms with Crippen LogP contribution in [-0.4, -0.2) is 33.9 Å². The molecule has 2 aromatic heterocycles. The average molecular weight is 353 g/mol. The predicted octanol–water partition coefficient (Wildman–Crippen LogP) is 2.73. The lowest BCUT2D eigenvalue weighted by Crippen LogP contribution is -2.37. The first-order valence-corrected chi connectivity index (χ1v) is 8.64. The number of benzene rings is 1. The maximum atomic E-state index is 12.0. The monoisotopic (exact) mass is 353 g/mol. The van der Waals surface area contributed by atoms with Gasteiger partial charge in [0.1, 0.15) is 17.5 Å². The second-order valence-corrected chi connectivity index (χ2v) is 6.49. The highest BCUT2D eigenvalue weighted by Crippen LogP contribution is 2.28. The van der Waals surface area contributed by atoms with Gasteiger partial charge < -0.3 is 10.1 Å². The van der Waals surface area contributed by atoms with Crippen LogP contribution in [0.4, 0.5) is 9.93 Å². The van der Waals surface area contributed by atoms with Crippen LogP contribution in [0.2, 0.25) is 0 Å². The van der Waals surface area contributed by atoms with E-state index < -0.39 is 0 Å². The van der Waals surface area contributed by atoms with E-state index in [0.717, 1.165) is 17.9 Å². The van der Waals surface area contributed by atoms with Crippen molar-refractivity contribution in [3.63, 3.8) is 0 Å². The number of anilines is 1. The largest absolute Gasteiger partial charge is 0.488 e. The number of carbonyl (C=O) groups excluding carboxylic acids is 1. The number of nitrogens with zero attached hydrogens (tertiary/aromatic N) is 3. The van der Waals surface area contributed by atoms with Crippen molar-refractivity contribution in [1.82, 2.24) is 20.5 Å². The van der Waals surface area contributed by atoms with Crippen molar-refractivity contribution in [2.24, 2.45) is 0 Å². The quantitative estimate of drug-likeness (QED) is 0.753. The van der Waals surface area contributed by atoms with Crippen LogP contribution in [0.5, 0.6) is 5.75 Å². The standard InChI is InChI=1S/C17H15N5O2S/c23-16(19-10-12-9-11-5-1-2-7-14(11)24-12)20-17-22-21-15(25-17)13-6-3-4-8-18-13/h1-8,12H,9-10H2,(H2,19,20,22,23)/t12-/m0/s1. The highest BCUT2D eigenvalue weighted by Gasteiger charge is 2.22. The summed E-state index contributed by atoms with van der Waals surface area (Å²) in [4.78, 5) is 16.2. The normalized spacial score (nSPS) is 15.3. The molecule has 3 heterocycles. The molecule has 1 aliphatic heterocycles. The van der Waals surface area contributed by atoms with E-state index in [1.54, 1.807) is 6.20 Å². The second-order valence-electron chi connectivity index (χ2n) is 5.51. The molecule has 0 spiro atoms. The summed E-state index contributed by atoms with van der Waals surface area (Å²) < 4.78 is 5.79. The number of hydrogen-bond donors (Lipinski definition) is 2. The molecular weight excluding hydrogens is 338 g/mol. The summed E-state index contributed by atoms with van der Waals surface area (Å²) in [6.07, 6.45) is 2.43. The number of rotatable bonds is 4. The molecule has 0 aliphatic carbocycles. The molecule has 4 rings (SSSR count). The lowest BCUT2D eigenvalue weighted by Gasteiger charge is -2.11. The van der Waals surface area contributed by atoms with Gasteiger partial charge in [0.2, 0.25) is 5.13 Å². The van der Waals surface area contributed by atoms with Gasteiger partial charge in [-0.2, -0.15) is 0 Å². The Morgan fingerprint density at radius 1 is 1.20 bits per heavy atom. The molecule has 2 N–H and O–H groups in total. The van der Waals surface area contributed by atoms with Crippen molar-refractivity contribution in [3.05, 3.63) is 54.2 Å². The highest BCUT2D eigenvalue weighted by atomic mass is 32.1. The zero-order valence-electron chi connectivity index (χ0n) is 13.2. The Morgan fingerprint density at radius 2 is 2.08 bits per heavy atom. The van der Waals surface area contributed by atoms with Gasteiger partial charge in [-0.25, -0.2) is 4.79 Å². The molecule has 126 valence electrons. The molecule has 0 bridgehead atoms. The van der Waals surface area contributed by atoms with E-state index >= 15 is 0 Å². The molecule has 25 heavy (non-hydrogen) atoms. The van der Waals surface area contributed by atoms with E-state index in [2.05, 4.69) is 25.8 Å². The first-order chi connectivity index (χ1) is 12.3. The van der Waals surface area contributed by atoms with E-state index in [4.69, 9.17) is 4.74 Å². The Hall–Kier alpha value is -3.00. The van der Waals surface area contributed by atoms with Crippen LogP contribution in [0.1, 0.15) is 5.56 Å². The number of fused-ring (bicyclic) bond motifs is 1. The minimum absolute atomic E-state index is 0.0540. The van der Waals surface area contributed by atoms with Crippen molar-refractivity contribution in [2.75, 3.05) is 11.9 Å². The Balaban J connectivity index is 1.29. The van der Waals surface area contributed by atoms with Crippen LogP contribution >= 0.6 is 11.3 Å². The number of ether oxygens (including phenoxy) is 1. The van der Waals surface area contributed by atoms with Crippen molar-refractivity contribution in [1.29, 1.82) is 0 Å². The van der Waals surface area contributed by atoms with Gasteiger partial charge in [0.15, 0.2) is 5.01 Å². The van der Waals surface area contributed by atoms with Crippen LogP contribution in [0.25, 0.3) is 10.7 Å². The minimum atomic E-state index is -0.330. The molecule has 8 heteroatoms. The third-order valence-electron chi connectivity index (χ3n) is 3.73. The fourth-order valence-electron chi connectivity index (χ4n) is 2.58. The van der Waals surface area contributed by atoms with Gasteiger partial charge in [0.05, 0.1) is 6.54 Å². The van der Waals surface area contributed by atoms with Gasteiger partial charge in [-0.05, 0) is 23.8 Å². The van der Waals surface area contributed by atoms with Gasteiger partial charge in [-0.1, -0.05) is 35.6 Å². The Morgan fingerprint density at radius 3 is 2.92 bits per heavy atom. The lowest BCUT2D eigenvalue weighted by atomic mass is 10.1. The molecule has 1 aromatic carbocycles. The zero-order valence-corrected chi connectivity index (χ0v) is 14.0. The third-order valence-corrected chi connectivity index (χ3v) is 4.59. The maximum absolute atomic E-state index is 12.0. The van der Waals surface area contributed by atoms with Crippen LogP contribution in [0.3, 0.4) is 0 Å². The number of para-hydroxylation sites is 1. The first kappa shape index (κ1) is 15.5. The van der Waals surface area contributed by atoms with Crippen LogP contribution in [0.15, 0.2) is 48.7 Å². The lowest BCUT2D eigenvalue weighted by molar-refractivity contribution is 0.219. The van der Waals surface area contributed by atoms with Gasteiger partial charge in [-0.15, -0.1) is 10.2 Å². The second kappa shape index (κ2) is 6.86. The number of nitrogens with one attached hydrogen (secondary N) is 2. The fourth-order valence-corrected chi connectivity index (χ4v) is 3.30. The number of aromatic nitrogens is 3. The smallest absolute Gasteiger partial charge is 0.321 e. The molecule has 2 amide bonds. The highest BCUT2D eigenvalue weighted by molar-refractivity contribution is 7.18. The number of amides is 2. The van der Waals surface area contributed by atoms with Crippen molar-refractivity contribution in [2.45, 2.75) is 12.5 Å². The molecule has 0 saturated heterocycles. The van der Waals surface area contributed by atoms with E-state index in [-0.39, 0.29) is 12.1 Å². The van der Waals surface area contributed by atoms with Crippen LogP contribution in [0, 0.1) is 0 Å². The summed E-state index contributed by atoms with van der Waals surface area (Å²) in [6.45, 7) is 0.423. The fraction of sp³-hybridized carbons (Fsp3) is 0.176. The average Bonchev–Trinajstić information content (AvgIpc) is 3.27. The Labute approximate surface area is 148 Å². The minimum Gasteiger partial charge on any atom is -0.488 e. The third kappa shape index (κ3) is 3.58. The summed E-state index contributed by atoms with van der Waals surface area (Å²) in [6, 6.07) is 13.1. The maximum Gasteiger partial charge on any atom is 0.321 e. The SMILES string of the molecule is O=C(NC[C@@H]1Cc2ccccc2O1)Nc1nnc(-c2ccccn2)s1. The summed E-state index contributed by atoms with van der Waals surface area (Å²) in [5.41, 5.74) is 1.89. The van der Waals surface area contributed by atoms with E-state index in [0.29, 0.717) is 16.7 Å². The summed E-state index contributed by atoms with van der Waals surface area (Å²) in [5.74, 6) is 0.888. The number of pyridine rings is 1. The van der Waals surface area contributed by atoms with Crippen molar-refractivity contribution >= 4 is 22.5 Å².